The number of hydrogen-bond donors (Lipinski definition) is 1. The number of aromatic amines is 1. The summed E-state index contributed by atoms with van der Waals surface area (Å²) in [6.45, 7) is 4.53. The first-order chi connectivity index (χ1) is 5.83. The Bertz CT molecular complexity index is 192. The van der Waals surface area contributed by atoms with E-state index >= 15 is 0 Å². The van der Waals surface area contributed by atoms with Crippen molar-refractivity contribution in [1.82, 2.24) is 9.97 Å². The first-order valence-corrected chi connectivity index (χ1v) is 4.81. The van der Waals surface area contributed by atoms with Crippen molar-refractivity contribution >= 4 is 0 Å². The Morgan fingerprint density at radius 1 is 1.58 bits per heavy atom. The van der Waals surface area contributed by atoms with Gasteiger partial charge < -0.3 is 4.98 Å². The molecule has 2 heteroatoms. The fourth-order valence-corrected chi connectivity index (χ4v) is 1.39. The van der Waals surface area contributed by atoms with Crippen molar-refractivity contribution < 1.29 is 0 Å². The number of imidazole rings is 1. The molecule has 1 aromatic rings. The van der Waals surface area contributed by atoms with Gasteiger partial charge in [0.1, 0.15) is 5.82 Å². The van der Waals surface area contributed by atoms with Crippen LogP contribution in [0.1, 0.15) is 38.9 Å². The number of unbranched alkanes of at least 4 members (excludes halogenated alkanes) is 1. The first-order valence-electron chi connectivity index (χ1n) is 4.81. The Balaban J connectivity index is 2.22. The molecule has 12 heavy (non-hydrogen) atoms. The lowest BCUT2D eigenvalue weighted by Crippen LogP contribution is -2.00. The molecule has 0 aliphatic carbocycles. The monoisotopic (exact) mass is 166 g/mol. The van der Waals surface area contributed by atoms with Crippen LogP contribution in [0.5, 0.6) is 0 Å². The van der Waals surface area contributed by atoms with Gasteiger partial charge in [0.05, 0.1) is 0 Å². The van der Waals surface area contributed by atoms with Gasteiger partial charge in [0.25, 0.3) is 0 Å². The van der Waals surface area contributed by atoms with Gasteiger partial charge in [-0.05, 0) is 5.92 Å². The lowest BCUT2D eigenvalue weighted by molar-refractivity contribution is 0.494. The number of rotatable bonds is 5. The lowest BCUT2D eigenvalue weighted by atomic mass is 10.0. The summed E-state index contributed by atoms with van der Waals surface area (Å²) in [4.78, 5) is 7.34. The van der Waals surface area contributed by atoms with Crippen LogP contribution in [0.4, 0.5) is 0 Å². The number of hydrogen-bond acceptors (Lipinski definition) is 1. The molecule has 1 aromatic heterocycles. The molecule has 0 aromatic carbocycles. The summed E-state index contributed by atoms with van der Waals surface area (Å²) in [6, 6.07) is 0. The van der Waals surface area contributed by atoms with Gasteiger partial charge in [-0.25, -0.2) is 4.98 Å². The van der Waals surface area contributed by atoms with Gasteiger partial charge in [0.15, 0.2) is 0 Å². The molecular weight excluding hydrogens is 148 g/mol. The van der Waals surface area contributed by atoms with Crippen LogP contribution in [0.2, 0.25) is 0 Å². The molecule has 0 bridgehead atoms. The highest BCUT2D eigenvalue weighted by molar-refractivity contribution is 4.88. The third-order valence-electron chi connectivity index (χ3n) is 2.15. The number of nitrogens with zero attached hydrogens (tertiary/aromatic N) is 1. The molecule has 1 rings (SSSR count). The highest BCUT2D eigenvalue weighted by Gasteiger charge is 2.03. The third kappa shape index (κ3) is 3.07. The Morgan fingerprint density at radius 2 is 2.42 bits per heavy atom. The van der Waals surface area contributed by atoms with Crippen molar-refractivity contribution in [2.45, 2.75) is 39.5 Å². The fourth-order valence-electron chi connectivity index (χ4n) is 1.39. The molecular formula is C10H18N2. The van der Waals surface area contributed by atoms with E-state index in [1.165, 1.54) is 19.3 Å². The van der Waals surface area contributed by atoms with Crippen molar-refractivity contribution in [3.63, 3.8) is 0 Å². The molecule has 0 fully saturated rings. The minimum Gasteiger partial charge on any atom is -0.349 e. The average Bonchev–Trinajstić information content (AvgIpc) is 2.53. The van der Waals surface area contributed by atoms with Crippen LogP contribution in [0.25, 0.3) is 0 Å². The summed E-state index contributed by atoms with van der Waals surface area (Å²) < 4.78 is 0. The molecule has 0 aliphatic heterocycles. The Kier molecular flexibility index (Phi) is 3.85. The summed E-state index contributed by atoms with van der Waals surface area (Å²) in [7, 11) is 0. The van der Waals surface area contributed by atoms with E-state index in [0.717, 1.165) is 18.2 Å². The van der Waals surface area contributed by atoms with Crippen molar-refractivity contribution in [2.24, 2.45) is 5.92 Å². The Morgan fingerprint density at radius 3 is 3.00 bits per heavy atom. The molecule has 0 spiro atoms. The van der Waals surface area contributed by atoms with Gasteiger partial charge in [-0.1, -0.05) is 33.1 Å². The second kappa shape index (κ2) is 4.96. The molecule has 1 unspecified atom stereocenters. The van der Waals surface area contributed by atoms with Crippen LogP contribution in [0.3, 0.4) is 0 Å². The third-order valence-corrected chi connectivity index (χ3v) is 2.15. The van der Waals surface area contributed by atoms with Gasteiger partial charge in [-0.3, -0.25) is 0 Å². The standard InChI is InChI=1S/C10H18N2/c1-3-4-5-9(2)8-10-11-6-7-12-10/h6-7,9H,3-5,8H2,1-2H3,(H,11,12). The molecule has 0 amide bonds. The topological polar surface area (TPSA) is 28.7 Å². The lowest BCUT2D eigenvalue weighted by Gasteiger charge is -2.07. The molecule has 1 N–H and O–H groups in total. The zero-order chi connectivity index (χ0) is 8.81. The molecule has 68 valence electrons. The van der Waals surface area contributed by atoms with E-state index in [9.17, 15) is 0 Å². The quantitative estimate of drug-likeness (QED) is 0.716. The summed E-state index contributed by atoms with van der Waals surface area (Å²) in [5.41, 5.74) is 0. The van der Waals surface area contributed by atoms with Crippen LogP contribution in [0, 0.1) is 5.92 Å². The minimum atomic E-state index is 0.760. The van der Waals surface area contributed by atoms with Crippen LogP contribution < -0.4 is 0 Å². The normalized spacial score (nSPS) is 13.2. The van der Waals surface area contributed by atoms with Crippen LogP contribution in [-0.2, 0) is 6.42 Å². The molecule has 0 aliphatic rings. The summed E-state index contributed by atoms with van der Waals surface area (Å²) in [6.07, 6.45) is 8.75. The maximum absolute atomic E-state index is 4.21. The number of nitrogens with one attached hydrogen (secondary N) is 1. The zero-order valence-electron chi connectivity index (χ0n) is 8.01. The molecule has 1 atom stereocenters. The second-order valence-electron chi connectivity index (χ2n) is 3.49. The van der Waals surface area contributed by atoms with Gasteiger partial charge in [-0.15, -0.1) is 0 Å². The summed E-state index contributed by atoms with van der Waals surface area (Å²) in [5.74, 6) is 1.88. The van der Waals surface area contributed by atoms with Gasteiger partial charge in [-0.2, -0.15) is 0 Å². The highest BCUT2D eigenvalue weighted by atomic mass is 14.9. The molecule has 0 saturated carbocycles. The highest BCUT2D eigenvalue weighted by Crippen LogP contribution is 2.11. The Labute approximate surface area is 74.4 Å². The van der Waals surface area contributed by atoms with Crippen molar-refractivity contribution in [2.75, 3.05) is 0 Å². The summed E-state index contributed by atoms with van der Waals surface area (Å²) in [5, 5.41) is 0. The molecule has 0 radical (unpaired) electrons. The predicted molar refractivity (Wildman–Crippen MR) is 51.0 cm³/mol. The zero-order valence-corrected chi connectivity index (χ0v) is 8.01. The molecule has 1 heterocycles. The SMILES string of the molecule is CCCCC(C)Cc1ncc[nH]1. The van der Waals surface area contributed by atoms with Crippen molar-refractivity contribution in [1.29, 1.82) is 0 Å². The van der Waals surface area contributed by atoms with E-state index in [0.29, 0.717) is 0 Å². The average molecular weight is 166 g/mol. The number of aromatic nitrogens is 2. The van der Waals surface area contributed by atoms with Crippen LogP contribution >= 0.6 is 0 Å². The maximum atomic E-state index is 4.21. The largest absolute Gasteiger partial charge is 0.349 e. The molecule has 0 saturated heterocycles. The maximum Gasteiger partial charge on any atom is 0.106 e. The second-order valence-corrected chi connectivity index (χ2v) is 3.49. The van der Waals surface area contributed by atoms with Gasteiger partial charge in [0.2, 0.25) is 0 Å². The van der Waals surface area contributed by atoms with E-state index in [1.807, 2.05) is 12.4 Å². The van der Waals surface area contributed by atoms with Crippen LogP contribution in [0.15, 0.2) is 12.4 Å². The Hall–Kier alpha value is -0.790. The number of H-pyrrole nitrogens is 1. The van der Waals surface area contributed by atoms with Crippen molar-refractivity contribution in [3.8, 4) is 0 Å². The first kappa shape index (κ1) is 9.30. The minimum absolute atomic E-state index is 0.760. The smallest absolute Gasteiger partial charge is 0.106 e. The predicted octanol–water partition coefficient (Wildman–Crippen LogP) is 2.78. The molecule has 2 nitrogen and oxygen atoms in total. The van der Waals surface area contributed by atoms with Crippen molar-refractivity contribution in [3.05, 3.63) is 18.2 Å². The van der Waals surface area contributed by atoms with Gasteiger partial charge >= 0.3 is 0 Å². The summed E-state index contributed by atoms with van der Waals surface area (Å²) >= 11 is 0. The fraction of sp³-hybridized carbons (Fsp3) is 0.700. The van der Waals surface area contributed by atoms with E-state index in [-0.39, 0.29) is 0 Å². The van der Waals surface area contributed by atoms with E-state index in [4.69, 9.17) is 0 Å². The van der Waals surface area contributed by atoms with Gasteiger partial charge in [0, 0.05) is 18.8 Å². The van der Waals surface area contributed by atoms with E-state index in [2.05, 4.69) is 23.8 Å². The van der Waals surface area contributed by atoms with Crippen LogP contribution in [-0.4, -0.2) is 9.97 Å². The van der Waals surface area contributed by atoms with E-state index < -0.39 is 0 Å². The van der Waals surface area contributed by atoms with E-state index in [1.54, 1.807) is 0 Å².